The highest BCUT2D eigenvalue weighted by Gasteiger charge is 2.61. The molecular formula is C24H17Cl2N3O6. The predicted octanol–water partition coefficient (Wildman–Crippen LogP) is 3.95. The van der Waals surface area contributed by atoms with Gasteiger partial charge in [0.2, 0.25) is 0 Å². The van der Waals surface area contributed by atoms with Gasteiger partial charge >= 0.3 is 0 Å². The maximum absolute atomic E-state index is 13.6. The lowest BCUT2D eigenvalue weighted by atomic mass is 9.85. The van der Waals surface area contributed by atoms with Crippen molar-refractivity contribution in [3.8, 4) is 0 Å². The number of benzene rings is 2. The van der Waals surface area contributed by atoms with Gasteiger partial charge in [-0.1, -0.05) is 35.4 Å². The van der Waals surface area contributed by atoms with Gasteiger partial charge in [0.25, 0.3) is 23.4 Å². The molecule has 2 aromatic carbocycles. The van der Waals surface area contributed by atoms with Crippen LogP contribution in [0.3, 0.4) is 0 Å². The zero-order valence-electron chi connectivity index (χ0n) is 18.0. The van der Waals surface area contributed by atoms with Crippen LogP contribution in [0.1, 0.15) is 27.1 Å². The minimum Gasteiger partial charge on any atom is -0.292 e. The molecule has 3 aliphatic rings. The summed E-state index contributed by atoms with van der Waals surface area (Å²) in [6.45, 7) is -0.644. The minimum atomic E-state index is -0.816. The van der Waals surface area contributed by atoms with E-state index in [1.165, 1.54) is 30.3 Å². The van der Waals surface area contributed by atoms with Crippen LogP contribution in [0.15, 0.2) is 54.6 Å². The van der Waals surface area contributed by atoms with Crippen LogP contribution in [0.2, 0.25) is 10.0 Å². The highest BCUT2D eigenvalue weighted by atomic mass is 35.5. The molecule has 3 amide bonds. The number of nitrogens with zero attached hydrogens (tertiary/aromatic N) is 3. The van der Waals surface area contributed by atoms with Crippen molar-refractivity contribution in [1.82, 2.24) is 10.0 Å². The molecule has 1 saturated heterocycles. The van der Waals surface area contributed by atoms with Crippen molar-refractivity contribution in [2.45, 2.75) is 6.42 Å². The van der Waals surface area contributed by atoms with E-state index in [2.05, 4.69) is 0 Å². The van der Waals surface area contributed by atoms with E-state index < -0.39 is 46.8 Å². The first-order valence-electron chi connectivity index (χ1n) is 10.8. The Morgan fingerprint density at radius 2 is 1.60 bits per heavy atom. The molecule has 9 nitrogen and oxygen atoms in total. The van der Waals surface area contributed by atoms with Crippen molar-refractivity contribution in [3.05, 3.63) is 85.9 Å². The highest BCUT2D eigenvalue weighted by Crippen LogP contribution is 2.52. The van der Waals surface area contributed by atoms with Crippen LogP contribution in [0, 0.1) is 33.8 Å². The molecule has 0 N–H and O–H groups in total. The first kappa shape index (κ1) is 23.2. The van der Waals surface area contributed by atoms with Crippen molar-refractivity contribution in [3.63, 3.8) is 0 Å². The number of allylic oxidation sites excluding steroid dienone is 2. The van der Waals surface area contributed by atoms with Gasteiger partial charge in [-0.05, 0) is 48.6 Å². The maximum atomic E-state index is 13.6. The van der Waals surface area contributed by atoms with Crippen molar-refractivity contribution in [2.24, 2.45) is 23.7 Å². The molecule has 0 aromatic heterocycles. The molecule has 178 valence electrons. The largest absolute Gasteiger partial charge is 0.292 e. The second-order valence-corrected chi connectivity index (χ2v) is 9.55. The average Bonchev–Trinajstić information content (AvgIpc) is 3.51. The molecule has 35 heavy (non-hydrogen) atoms. The highest BCUT2D eigenvalue weighted by molar-refractivity contribution is 6.36. The lowest BCUT2D eigenvalue weighted by molar-refractivity contribution is -0.384. The second kappa shape index (κ2) is 8.58. The molecule has 2 bridgehead atoms. The second-order valence-electron chi connectivity index (χ2n) is 8.70. The monoisotopic (exact) mass is 513 g/mol. The number of halogens is 2. The van der Waals surface area contributed by atoms with Crippen LogP contribution in [0.4, 0.5) is 5.69 Å². The minimum absolute atomic E-state index is 0.00342. The Labute approximate surface area is 209 Å². The number of nitro groups is 1. The molecule has 1 heterocycles. The lowest BCUT2D eigenvalue weighted by Crippen LogP contribution is -2.52. The van der Waals surface area contributed by atoms with Gasteiger partial charge in [-0.2, -0.15) is 5.01 Å². The summed E-state index contributed by atoms with van der Waals surface area (Å²) in [6.07, 6.45) is 4.55. The van der Waals surface area contributed by atoms with E-state index in [4.69, 9.17) is 23.2 Å². The molecule has 2 aromatic rings. The molecule has 2 fully saturated rings. The van der Waals surface area contributed by atoms with Gasteiger partial charge in [-0.3, -0.25) is 29.3 Å². The van der Waals surface area contributed by atoms with Gasteiger partial charge in [0, 0.05) is 22.7 Å². The Hall–Kier alpha value is -3.56. The molecule has 1 saturated carbocycles. The number of nitro benzene ring substituents is 1. The van der Waals surface area contributed by atoms with Crippen LogP contribution in [-0.2, 0) is 9.59 Å². The van der Waals surface area contributed by atoms with E-state index in [1.807, 2.05) is 12.2 Å². The third-order valence-corrected chi connectivity index (χ3v) is 7.33. The molecule has 1 aliphatic heterocycles. The van der Waals surface area contributed by atoms with Crippen LogP contribution < -0.4 is 0 Å². The fraction of sp³-hybridized carbons (Fsp3) is 0.250. The van der Waals surface area contributed by atoms with E-state index >= 15 is 0 Å². The zero-order chi connectivity index (χ0) is 25.0. The van der Waals surface area contributed by atoms with E-state index in [9.17, 15) is 29.3 Å². The zero-order valence-corrected chi connectivity index (χ0v) is 19.5. The summed E-state index contributed by atoms with van der Waals surface area (Å²) in [5.41, 5.74) is -0.161. The summed E-state index contributed by atoms with van der Waals surface area (Å²) in [6, 6.07) is 8.97. The van der Waals surface area contributed by atoms with E-state index in [0.717, 1.165) is 22.2 Å². The van der Waals surface area contributed by atoms with Gasteiger partial charge in [-0.15, -0.1) is 0 Å². The Morgan fingerprint density at radius 3 is 2.14 bits per heavy atom. The van der Waals surface area contributed by atoms with E-state index in [1.54, 1.807) is 0 Å². The van der Waals surface area contributed by atoms with Gasteiger partial charge in [0.15, 0.2) is 5.78 Å². The molecule has 0 radical (unpaired) electrons. The smallest absolute Gasteiger partial charge is 0.274 e. The third-order valence-electron chi connectivity index (χ3n) is 6.78. The number of carbonyl (C=O) groups excluding carboxylic acids is 4. The number of non-ortho nitro benzene ring substituents is 1. The molecule has 11 heteroatoms. The summed E-state index contributed by atoms with van der Waals surface area (Å²) in [7, 11) is 0. The topological polar surface area (TPSA) is 118 Å². The number of hydrogen-bond donors (Lipinski definition) is 0. The molecule has 5 rings (SSSR count). The first-order chi connectivity index (χ1) is 16.7. The maximum Gasteiger partial charge on any atom is 0.274 e. The van der Waals surface area contributed by atoms with Crippen molar-refractivity contribution >= 4 is 52.4 Å². The van der Waals surface area contributed by atoms with Crippen LogP contribution in [0.5, 0.6) is 0 Å². The van der Waals surface area contributed by atoms with E-state index in [0.29, 0.717) is 6.42 Å². The third kappa shape index (κ3) is 3.81. The summed E-state index contributed by atoms with van der Waals surface area (Å²) in [4.78, 5) is 63.7. The Kier molecular flexibility index (Phi) is 5.69. The Balaban J connectivity index is 1.50. The Bertz CT molecular complexity index is 1300. The average molecular weight is 514 g/mol. The number of hydrazine groups is 1. The van der Waals surface area contributed by atoms with Gasteiger partial charge < -0.3 is 0 Å². The fourth-order valence-corrected chi connectivity index (χ4v) is 5.65. The summed E-state index contributed by atoms with van der Waals surface area (Å²) in [5, 5.41) is 12.8. The SMILES string of the molecule is O=C(CN(C(=O)c1ccc(Cl)cc1Cl)N1C(=O)[C@@H]2[C@@H](C1=O)[C@H]1C=C[C@@H]2C1)c1ccc([N+](=O)[O-])cc1. The van der Waals surface area contributed by atoms with Gasteiger partial charge in [0.05, 0.1) is 27.3 Å². The lowest BCUT2D eigenvalue weighted by Gasteiger charge is -2.31. The number of Topliss-reactive ketones (excluding diaryl/α,β-unsaturated/α-hetero) is 1. The number of hydrogen-bond acceptors (Lipinski definition) is 6. The first-order valence-corrected chi connectivity index (χ1v) is 11.5. The van der Waals surface area contributed by atoms with Gasteiger partial charge in [0.1, 0.15) is 6.54 Å². The summed E-state index contributed by atoms with van der Waals surface area (Å²) in [5.74, 6) is -3.84. The number of amides is 3. The summed E-state index contributed by atoms with van der Waals surface area (Å²) >= 11 is 12.2. The normalized spacial score (nSPS) is 24.1. The predicted molar refractivity (Wildman–Crippen MR) is 124 cm³/mol. The van der Waals surface area contributed by atoms with Crippen LogP contribution in [0.25, 0.3) is 0 Å². The van der Waals surface area contributed by atoms with Crippen molar-refractivity contribution in [2.75, 3.05) is 6.54 Å². The number of rotatable bonds is 6. The fourth-order valence-electron chi connectivity index (χ4n) is 5.16. The molecular weight excluding hydrogens is 497 g/mol. The number of ketones is 1. The van der Waals surface area contributed by atoms with E-state index in [-0.39, 0.29) is 38.7 Å². The van der Waals surface area contributed by atoms with Crippen molar-refractivity contribution < 1.29 is 24.1 Å². The molecule has 2 aliphatic carbocycles. The summed E-state index contributed by atoms with van der Waals surface area (Å²) < 4.78 is 0. The molecule has 0 spiro atoms. The Morgan fingerprint density at radius 1 is 1.00 bits per heavy atom. The van der Waals surface area contributed by atoms with Crippen molar-refractivity contribution in [1.29, 1.82) is 0 Å². The molecule has 0 unspecified atom stereocenters. The van der Waals surface area contributed by atoms with Crippen LogP contribution in [-0.4, -0.2) is 45.0 Å². The molecule has 4 atom stereocenters. The quantitative estimate of drug-likeness (QED) is 0.189. The van der Waals surface area contributed by atoms with Crippen LogP contribution >= 0.6 is 23.2 Å². The number of fused-ring (bicyclic) bond motifs is 5. The number of imide groups is 1. The number of carbonyl (C=O) groups is 4. The van der Waals surface area contributed by atoms with Gasteiger partial charge in [-0.25, -0.2) is 5.01 Å². The standard InChI is InChI=1S/C24H17Cl2N3O6/c25-15-5-8-17(18(26)10-15)22(31)27(11-19(30)12-3-6-16(7-4-12)29(34)35)28-23(32)20-13-1-2-14(9-13)21(20)24(28)33/h1-8,10,13-14,20-21H,9,11H2/t13-,14+,20-,21-/m0/s1.